The molecule has 1 saturated heterocycles. The van der Waals surface area contributed by atoms with Gasteiger partial charge in [-0.1, -0.05) is 41.4 Å². The van der Waals surface area contributed by atoms with E-state index >= 15 is 0 Å². The standard InChI is InChI=1S/C21H25Cl2N3O4S/c1-24-31(28,29)18-4-2-3-15(9-18)11-21(27)25-12-17-14-26(7-8-30-17)13-16-5-6-19(22)20(23)10-16/h2-6,9-10,17,24H,7-8,11-14H2,1H3,(H,25,27)/t17-/m0/s1. The van der Waals surface area contributed by atoms with Crippen molar-refractivity contribution >= 4 is 39.1 Å². The lowest BCUT2D eigenvalue weighted by atomic mass is 10.1. The third kappa shape index (κ3) is 6.90. The topological polar surface area (TPSA) is 87.7 Å². The highest BCUT2D eigenvalue weighted by Crippen LogP contribution is 2.23. The van der Waals surface area contributed by atoms with Gasteiger partial charge in [-0.05, 0) is 42.4 Å². The van der Waals surface area contributed by atoms with Gasteiger partial charge < -0.3 is 10.1 Å². The van der Waals surface area contributed by atoms with Gasteiger partial charge in [0.1, 0.15) is 0 Å². The number of sulfonamides is 1. The molecule has 0 bridgehead atoms. The molecule has 7 nitrogen and oxygen atoms in total. The monoisotopic (exact) mass is 485 g/mol. The number of carbonyl (C=O) groups excluding carboxylic acids is 1. The first-order valence-electron chi connectivity index (χ1n) is 9.84. The summed E-state index contributed by atoms with van der Waals surface area (Å²) in [5, 5.41) is 3.94. The smallest absolute Gasteiger partial charge is 0.240 e. The van der Waals surface area contributed by atoms with Gasteiger partial charge in [0.2, 0.25) is 15.9 Å². The molecule has 2 aromatic carbocycles. The van der Waals surface area contributed by atoms with E-state index in [1.54, 1.807) is 18.2 Å². The van der Waals surface area contributed by atoms with Crippen molar-refractivity contribution in [2.24, 2.45) is 0 Å². The second-order valence-corrected chi connectivity index (χ2v) is 10.0. The highest BCUT2D eigenvalue weighted by molar-refractivity contribution is 7.89. The van der Waals surface area contributed by atoms with Gasteiger partial charge >= 0.3 is 0 Å². The largest absolute Gasteiger partial charge is 0.374 e. The Morgan fingerprint density at radius 1 is 1.16 bits per heavy atom. The number of nitrogens with zero attached hydrogens (tertiary/aromatic N) is 1. The van der Waals surface area contributed by atoms with Gasteiger partial charge in [-0.15, -0.1) is 0 Å². The Balaban J connectivity index is 1.50. The van der Waals surface area contributed by atoms with Crippen LogP contribution in [0, 0.1) is 0 Å². The number of rotatable bonds is 8. The van der Waals surface area contributed by atoms with Gasteiger partial charge in [-0.2, -0.15) is 0 Å². The molecule has 168 valence electrons. The summed E-state index contributed by atoms with van der Waals surface area (Å²) in [6.45, 7) is 3.14. The summed E-state index contributed by atoms with van der Waals surface area (Å²) < 4.78 is 31.9. The molecule has 2 aromatic rings. The third-order valence-corrected chi connectivity index (χ3v) is 7.13. The maximum absolute atomic E-state index is 12.4. The number of morpholine rings is 1. The van der Waals surface area contributed by atoms with Gasteiger partial charge in [0.05, 0.1) is 34.1 Å². The molecular weight excluding hydrogens is 461 g/mol. The zero-order chi connectivity index (χ0) is 22.4. The van der Waals surface area contributed by atoms with Gasteiger partial charge in [-0.25, -0.2) is 13.1 Å². The Morgan fingerprint density at radius 2 is 1.97 bits per heavy atom. The lowest BCUT2D eigenvalue weighted by molar-refractivity contribution is -0.121. The summed E-state index contributed by atoms with van der Waals surface area (Å²) >= 11 is 12.1. The lowest BCUT2D eigenvalue weighted by Crippen LogP contribution is -2.47. The number of hydrogen-bond acceptors (Lipinski definition) is 5. The van der Waals surface area contributed by atoms with Gasteiger partial charge in [-0.3, -0.25) is 9.69 Å². The van der Waals surface area contributed by atoms with E-state index in [4.69, 9.17) is 27.9 Å². The molecule has 1 fully saturated rings. The number of nitrogens with one attached hydrogen (secondary N) is 2. The van der Waals surface area contributed by atoms with Crippen molar-refractivity contribution in [1.29, 1.82) is 0 Å². The van der Waals surface area contributed by atoms with E-state index in [0.717, 1.165) is 18.7 Å². The minimum atomic E-state index is -3.55. The van der Waals surface area contributed by atoms with Crippen LogP contribution in [0.5, 0.6) is 0 Å². The maximum atomic E-state index is 12.4. The molecule has 0 radical (unpaired) electrons. The van der Waals surface area contributed by atoms with Crippen molar-refractivity contribution in [3.63, 3.8) is 0 Å². The summed E-state index contributed by atoms with van der Waals surface area (Å²) in [6.07, 6.45) is -0.0382. The van der Waals surface area contributed by atoms with Crippen LogP contribution in [0.2, 0.25) is 10.0 Å². The van der Waals surface area contributed by atoms with Crippen LogP contribution in [-0.4, -0.2) is 58.6 Å². The first-order valence-corrected chi connectivity index (χ1v) is 12.1. The normalized spacial score (nSPS) is 17.5. The van der Waals surface area contributed by atoms with Crippen LogP contribution in [-0.2, 0) is 32.5 Å². The van der Waals surface area contributed by atoms with E-state index in [0.29, 0.717) is 35.3 Å². The molecule has 2 N–H and O–H groups in total. The Hall–Kier alpha value is -1.68. The summed E-state index contributed by atoms with van der Waals surface area (Å²) in [5.74, 6) is -0.191. The number of ether oxygens (including phenoxy) is 1. The van der Waals surface area contributed by atoms with Crippen molar-refractivity contribution in [1.82, 2.24) is 14.9 Å². The highest BCUT2D eigenvalue weighted by Gasteiger charge is 2.21. The van der Waals surface area contributed by atoms with Crippen molar-refractivity contribution in [3.8, 4) is 0 Å². The Labute approximate surface area is 192 Å². The number of halogens is 2. The first kappa shape index (κ1) is 24.0. The average molecular weight is 486 g/mol. The van der Waals surface area contributed by atoms with E-state index in [1.807, 2.05) is 12.1 Å². The van der Waals surface area contributed by atoms with Crippen LogP contribution < -0.4 is 10.0 Å². The fourth-order valence-corrected chi connectivity index (χ4v) is 4.48. The molecule has 0 spiro atoms. The molecule has 1 heterocycles. The number of benzene rings is 2. The van der Waals surface area contributed by atoms with E-state index in [-0.39, 0.29) is 23.3 Å². The van der Waals surface area contributed by atoms with Crippen LogP contribution in [0.1, 0.15) is 11.1 Å². The Kier molecular flexibility index (Phi) is 8.32. The van der Waals surface area contributed by atoms with Gasteiger partial charge in [0.15, 0.2) is 0 Å². The van der Waals surface area contributed by atoms with Crippen LogP contribution in [0.4, 0.5) is 0 Å². The summed E-state index contributed by atoms with van der Waals surface area (Å²) in [6, 6.07) is 11.9. The zero-order valence-corrected chi connectivity index (χ0v) is 19.4. The summed E-state index contributed by atoms with van der Waals surface area (Å²) in [5.41, 5.74) is 1.69. The molecule has 1 aliphatic rings. The van der Waals surface area contributed by atoms with Crippen molar-refractivity contribution < 1.29 is 17.9 Å². The van der Waals surface area contributed by atoms with E-state index in [1.165, 1.54) is 19.2 Å². The summed E-state index contributed by atoms with van der Waals surface area (Å²) in [4.78, 5) is 14.7. The van der Waals surface area contributed by atoms with Gasteiger partial charge in [0.25, 0.3) is 0 Å². The fourth-order valence-electron chi connectivity index (χ4n) is 3.36. The molecule has 3 rings (SSSR count). The number of amides is 1. The second-order valence-electron chi connectivity index (χ2n) is 7.31. The molecule has 0 aliphatic carbocycles. The molecular formula is C21H25Cl2N3O4S. The number of carbonyl (C=O) groups is 1. The minimum absolute atomic E-state index is 0.0901. The highest BCUT2D eigenvalue weighted by atomic mass is 35.5. The molecule has 0 aromatic heterocycles. The lowest BCUT2D eigenvalue weighted by Gasteiger charge is -2.33. The fraction of sp³-hybridized carbons (Fsp3) is 0.381. The molecule has 1 amide bonds. The molecule has 1 aliphatic heterocycles. The van der Waals surface area contributed by atoms with Crippen molar-refractivity contribution in [2.45, 2.75) is 24.0 Å². The summed E-state index contributed by atoms with van der Waals surface area (Å²) in [7, 11) is -2.19. The maximum Gasteiger partial charge on any atom is 0.240 e. The molecule has 0 saturated carbocycles. The molecule has 10 heteroatoms. The van der Waals surface area contributed by atoms with Crippen LogP contribution in [0.25, 0.3) is 0 Å². The van der Waals surface area contributed by atoms with E-state index in [2.05, 4.69) is 14.9 Å². The predicted octanol–water partition coefficient (Wildman–Crippen LogP) is 2.46. The quantitative estimate of drug-likeness (QED) is 0.599. The predicted molar refractivity (Wildman–Crippen MR) is 121 cm³/mol. The average Bonchev–Trinajstić information content (AvgIpc) is 2.75. The Bertz CT molecular complexity index is 1030. The van der Waals surface area contributed by atoms with Crippen LogP contribution in [0.15, 0.2) is 47.4 Å². The van der Waals surface area contributed by atoms with E-state index in [9.17, 15) is 13.2 Å². The third-order valence-electron chi connectivity index (χ3n) is 4.98. The minimum Gasteiger partial charge on any atom is -0.374 e. The number of hydrogen-bond donors (Lipinski definition) is 2. The van der Waals surface area contributed by atoms with Crippen LogP contribution >= 0.6 is 23.2 Å². The van der Waals surface area contributed by atoms with E-state index < -0.39 is 10.0 Å². The molecule has 1 atom stereocenters. The van der Waals surface area contributed by atoms with Crippen LogP contribution in [0.3, 0.4) is 0 Å². The molecule has 0 unspecified atom stereocenters. The first-order chi connectivity index (χ1) is 14.8. The SMILES string of the molecule is CNS(=O)(=O)c1cccc(CC(=O)NC[C@H]2CN(Cc3ccc(Cl)c(Cl)c3)CCO2)c1. The molecule has 31 heavy (non-hydrogen) atoms. The second kappa shape index (κ2) is 10.8. The zero-order valence-electron chi connectivity index (χ0n) is 17.1. The Morgan fingerprint density at radius 3 is 2.71 bits per heavy atom. The van der Waals surface area contributed by atoms with Crippen molar-refractivity contribution in [2.75, 3.05) is 33.3 Å². The van der Waals surface area contributed by atoms with Gasteiger partial charge in [0, 0.05) is 26.2 Å². The van der Waals surface area contributed by atoms with Crippen molar-refractivity contribution in [3.05, 3.63) is 63.6 Å².